The number of hydrogen-bond acceptors (Lipinski definition) is 3. The van der Waals surface area contributed by atoms with Gasteiger partial charge in [0.05, 0.1) is 18.1 Å². The maximum Gasteiger partial charge on any atom is 0.230 e. The molecule has 0 aliphatic heterocycles. The number of hydrogen-bond donors (Lipinski definition) is 2. The lowest BCUT2D eigenvalue weighted by Gasteiger charge is -2.23. The monoisotopic (exact) mass is 367 g/mol. The molecule has 0 bridgehead atoms. The Morgan fingerprint density at radius 1 is 1.26 bits per heavy atom. The van der Waals surface area contributed by atoms with Crippen LogP contribution in [0.25, 0.3) is 5.70 Å². The zero-order valence-corrected chi connectivity index (χ0v) is 15.3. The Hall–Kier alpha value is -1.32. The number of halogens is 2. The first-order chi connectivity index (χ1) is 10.2. The van der Waals surface area contributed by atoms with E-state index in [1.165, 1.54) is 0 Å². The van der Waals surface area contributed by atoms with Gasteiger partial charge in [0.15, 0.2) is 11.6 Å². The summed E-state index contributed by atoms with van der Waals surface area (Å²) < 4.78 is 64.3. The van der Waals surface area contributed by atoms with E-state index in [0.717, 1.165) is 18.4 Å². The molecule has 9 heteroatoms. The van der Waals surface area contributed by atoms with Gasteiger partial charge in [-0.15, -0.1) is 0 Å². The van der Waals surface area contributed by atoms with Crippen LogP contribution < -0.4 is 9.03 Å². The fourth-order valence-corrected chi connectivity index (χ4v) is 3.63. The molecule has 0 aromatic heterocycles. The molecule has 130 valence electrons. The highest BCUT2D eigenvalue weighted by Crippen LogP contribution is 2.23. The number of rotatable bonds is 5. The number of nitrogens with one attached hydrogen (secondary N) is 2. The Morgan fingerprint density at radius 3 is 2.04 bits per heavy atom. The minimum atomic E-state index is -3.81. The van der Waals surface area contributed by atoms with E-state index in [1.807, 2.05) is 0 Å². The summed E-state index contributed by atoms with van der Waals surface area (Å²) >= 11 is 0. The lowest BCUT2D eigenvalue weighted by molar-refractivity contribution is -0.650. The molecule has 2 atom stereocenters. The zero-order chi connectivity index (χ0) is 18.2. The van der Waals surface area contributed by atoms with Crippen LogP contribution in [-0.4, -0.2) is 30.7 Å². The van der Waals surface area contributed by atoms with Crippen LogP contribution in [0.4, 0.5) is 14.5 Å². The molecule has 0 amide bonds. The lowest BCUT2D eigenvalue weighted by atomic mass is 10.1. The summed E-state index contributed by atoms with van der Waals surface area (Å²) in [5, 5.41) is 0. The summed E-state index contributed by atoms with van der Waals surface area (Å²) in [7, 11) is -3.61. The van der Waals surface area contributed by atoms with Crippen molar-refractivity contribution in [2.24, 2.45) is 0 Å². The summed E-state index contributed by atoms with van der Waals surface area (Å²) in [5.41, 5.74) is -0.408. The van der Waals surface area contributed by atoms with Gasteiger partial charge in [0.1, 0.15) is 11.4 Å². The molecule has 0 radical (unpaired) electrons. The molecule has 1 aromatic carbocycles. The minimum Gasteiger partial charge on any atom is -0.278 e. The van der Waals surface area contributed by atoms with E-state index in [-0.39, 0.29) is 11.3 Å². The SMILES string of the molecule is C=C(c1cc(F)c(NS(C)(=O)=O)c(F)c1)[NH+](C)[S@@](=O)C(C)(C)C. The van der Waals surface area contributed by atoms with Crippen molar-refractivity contribution < 1.29 is 25.7 Å². The van der Waals surface area contributed by atoms with Crippen LogP contribution >= 0.6 is 0 Å². The van der Waals surface area contributed by atoms with Crippen molar-refractivity contribution in [3.8, 4) is 0 Å². The van der Waals surface area contributed by atoms with E-state index in [1.54, 1.807) is 32.5 Å². The van der Waals surface area contributed by atoms with Crippen molar-refractivity contribution in [1.29, 1.82) is 0 Å². The maximum absolute atomic E-state index is 14.0. The second kappa shape index (κ2) is 6.66. The smallest absolute Gasteiger partial charge is 0.230 e. The van der Waals surface area contributed by atoms with Crippen LogP contribution in [0.15, 0.2) is 18.7 Å². The third-order valence-corrected chi connectivity index (χ3v) is 5.43. The van der Waals surface area contributed by atoms with Gasteiger partial charge in [-0.2, -0.15) is 4.21 Å². The van der Waals surface area contributed by atoms with Gasteiger partial charge in [-0.25, -0.2) is 21.5 Å². The number of quaternary nitrogens is 1. The van der Waals surface area contributed by atoms with Gasteiger partial charge < -0.3 is 0 Å². The van der Waals surface area contributed by atoms with Gasteiger partial charge in [-0.05, 0) is 39.5 Å². The summed E-state index contributed by atoms with van der Waals surface area (Å²) in [6.45, 7) is 9.08. The number of sulfonamides is 1. The van der Waals surface area contributed by atoms with Crippen molar-refractivity contribution in [3.05, 3.63) is 35.9 Å². The molecule has 0 saturated carbocycles. The van der Waals surface area contributed by atoms with Crippen molar-refractivity contribution in [1.82, 2.24) is 0 Å². The molecule has 2 N–H and O–H groups in total. The third-order valence-electron chi connectivity index (χ3n) is 2.94. The van der Waals surface area contributed by atoms with E-state index >= 15 is 0 Å². The standard InChI is InChI=1S/C14H20F2N2O3S2/c1-9(18(5)22(19)14(2,3)4)10-7-11(15)13(12(16)8-10)17-23(6,20)21/h7-8,17H,1H2,2-6H3/p+1/t22-/m0/s1. The van der Waals surface area contributed by atoms with Gasteiger partial charge in [0.2, 0.25) is 21.0 Å². The second-order valence-corrected chi connectivity index (χ2v) is 10.2. The molecule has 0 fully saturated rings. The normalized spacial score (nSPS) is 15.1. The Bertz CT molecular complexity index is 733. The third kappa shape index (κ3) is 5.08. The highest BCUT2D eigenvalue weighted by atomic mass is 32.2. The minimum absolute atomic E-state index is 0.106. The van der Waals surface area contributed by atoms with Crippen LogP contribution in [0.3, 0.4) is 0 Å². The van der Waals surface area contributed by atoms with Gasteiger partial charge in [0, 0.05) is 5.56 Å². The highest BCUT2D eigenvalue weighted by Gasteiger charge is 2.31. The van der Waals surface area contributed by atoms with Crippen LogP contribution in [0.1, 0.15) is 26.3 Å². The van der Waals surface area contributed by atoms with Crippen LogP contribution in [0.2, 0.25) is 0 Å². The molecule has 23 heavy (non-hydrogen) atoms. The van der Waals surface area contributed by atoms with E-state index in [2.05, 4.69) is 6.58 Å². The first-order valence-corrected chi connectivity index (χ1v) is 9.70. The second-order valence-electron chi connectivity index (χ2n) is 6.10. The average Bonchev–Trinajstić information content (AvgIpc) is 2.38. The van der Waals surface area contributed by atoms with Gasteiger partial charge >= 0.3 is 0 Å². The fourth-order valence-electron chi connectivity index (χ4n) is 1.80. The molecule has 0 spiro atoms. The summed E-state index contributed by atoms with van der Waals surface area (Å²) in [5.74, 6) is -2.14. The maximum atomic E-state index is 14.0. The quantitative estimate of drug-likeness (QED) is 0.824. The Kier molecular flexibility index (Phi) is 5.71. The first-order valence-electron chi connectivity index (χ1n) is 6.66. The number of benzene rings is 1. The Morgan fingerprint density at radius 2 is 1.70 bits per heavy atom. The number of anilines is 1. The molecule has 0 heterocycles. The first kappa shape index (κ1) is 19.7. The van der Waals surface area contributed by atoms with E-state index in [0.29, 0.717) is 4.31 Å². The van der Waals surface area contributed by atoms with Crippen LogP contribution in [0, 0.1) is 11.6 Å². The predicted molar refractivity (Wildman–Crippen MR) is 88.6 cm³/mol. The molecule has 1 rings (SSSR count). The largest absolute Gasteiger partial charge is 0.278 e. The van der Waals surface area contributed by atoms with E-state index < -0.39 is 43.1 Å². The Labute approximate surface area is 138 Å². The van der Waals surface area contributed by atoms with Crippen molar-refractivity contribution in [3.63, 3.8) is 0 Å². The fraction of sp³-hybridized carbons (Fsp3) is 0.429. The summed E-state index contributed by atoms with van der Waals surface area (Å²) in [6, 6.07) is 1.92. The van der Waals surface area contributed by atoms with Crippen molar-refractivity contribution in [2.45, 2.75) is 25.5 Å². The van der Waals surface area contributed by atoms with Gasteiger partial charge in [0.25, 0.3) is 0 Å². The van der Waals surface area contributed by atoms with Gasteiger partial charge in [-0.3, -0.25) is 4.72 Å². The van der Waals surface area contributed by atoms with Crippen LogP contribution in [0.5, 0.6) is 0 Å². The van der Waals surface area contributed by atoms with Crippen molar-refractivity contribution in [2.75, 3.05) is 18.0 Å². The molecule has 1 aromatic rings. The van der Waals surface area contributed by atoms with E-state index in [9.17, 15) is 21.4 Å². The van der Waals surface area contributed by atoms with Gasteiger partial charge in [-0.1, -0.05) is 0 Å². The summed E-state index contributed by atoms with van der Waals surface area (Å²) in [4.78, 5) is 0. The molecule has 0 aliphatic rings. The van der Waals surface area contributed by atoms with E-state index in [4.69, 9.17) is 0 Å². The zero-order valence-electron chi connectivity index (χ0n) is 13.7. The molecular weight excluding hydrogens is 346 g/mol. The topological polar surface area (TPSA) is 67.7 Å². The molecule has 0 aliphatic carbocycles. The van der Waals surface area contributed by atoms with Crippen LogP contribution in [-0.2, 0) is 21.0 Å². The molecule has 0 saturated heterocycles. The summed E-state index contributed by atoms with van der Waals surface area (Å²) in [6.07, 6.45) is 0.795. The molecular formula is C14H21F2N2O3S2+. The Balaban J connectivity index is 3.21. The molecule has 5 nitrogen and oxygen atoms in total. The lowest BCUT2D eigenvalue weighted by Crippen LogP contribution is -3.07. The van der Waals surface area contributed by atoms with Crippen molar-refractivity contribution >= 4 is 32.4 Å². The average molecular weight is 367 g/mol. The molecule has 1 unspecified atom stereocenters. The predicted octanol–water partition coefficient (Wildman–Crippen LogP) is 1.28. The highest BCUT2D eigenvalue weighted by molar-refractivity contribution is 7.92.